The molecule has 2 amide bonds. The maximum atomic E-state index is 11.7. The van der Waals surface area contributed by atoms with Crippen molar-refractivity contribution in [2.75, 3.05) is 0 Å². The molecule has 0 aliphatic carbocycles. The Morgan fingerprint density at radius 2 is 2.18 bits per heavy atom. The number of benzene rings is 1. The Kier molecular flexibility index (Phi) is 3.16. The van der Waals surface area contributed by atoms with Crippen molar-refractivity contribution in [1.29, 1.82) is 0 Å². The van der Waals surface area contributed by atoms with Crippen LogP contribution in [0.25, 0.3) is 0 Å². The molecule has 1 unspecified atom stereocenters. The Hall–Kier alpha value is -1.79. The number of imide groups is 1. The highest BCUT2D eigenvalue weighted by Gasteiger charge is 2.29. The zero-order chi connectivity index (χ0) is 12.4. The van der Waals surface area contributed by atoms with Crippen LogP contribution in [0.5, 0.6) is 0 Å². The van der Waals surface area contributed by atoms with Gasteiger partial charge in [0.2, 0.25) is 11.8 Å². The quantitative estimate of drug-likeness (QED) is 0.608. The van der Waals surface area contributed by atoms with Crippen molar-refractivity contribution in [2.45, 2.75) is 18.8 Å². The van der Waals surface area contributed by atoms with Gasteiger partial charge in [-0.15, -0.1) is 6.42 Å². The van der Waals surface area contributed by atoms with E-state index in [0.717, 1.165) is 0 Å². The predicted octanol–water partition coefficient (Wildman–Crippen LogP) is 1.84. The summed E-state index contributed by atoms with van der Waals surface area (Å²) in [7, 11) is 0. The molecule has 1 N–H and O–H groups in total. The fourth-order valence-corrected chi connectivity index (χ4v) is 2.23. The second-order valence-corrected chi connectivity index (χ2v) is 4.23. The number of hydrogen-bond acceptors (Lipinski definition) is 2. The van der Waals surface area contributed by atoms with Gasteiger partial charge < -0.3 is 0 Å². The van der Waals surface area contributed by atoms with Gasteiger partial charge >= 0.3 is 0 Å². The third-order valence-electron chi connectivity index (χ3n) is 2.80. The molecule has 0 saturated carbocycles. The molecule has 86 valence electrons. The summed E-state index contributed by atoms with van der Waals surface area (Å²) in [5.41, 5.74) is 1.25. The minimum absolute atomic E-state index is 0.240. The number of halogens is 1. The van der Waals surface area contributed by atoms with Crippen LogP contribution in [0.1, 0.15) is 29.9 Å². The van der Waals surface area contributed by atoms with Crippen molar-refractivity contribution in [2.24, 2.45) is 0 Å². The molecule has 1 aliphatic rings. The van der Waals surface area contributed by atoms with Gasteiger partial charge in [0.15, 0.2) is 0 Å². The van der Waals surface area contributed by atoms with Crippen LogP contribution in [-0.4, -0.2) is 11.8 Å². The Morgan fingerprint density at radius 1 is 1.41 bits per heavy atom. The molecule has 0 aromatic heterocycles. The van der Waals surface area contributed by atoms with E-state index in [2.05, 4.69) is 11.2 Å². The Bertz CT molecular complexity index is 531. The highest BCUT2D eigenvalue weighted by Crippen LogP contribution is 2.32. The number of carbonyl (C=O) groups excluding carboxylic acids is 2. The lowest BCUT2D eigenvalue weighted by atomic mass is 9.89. The van der Waals surface area contributed by atoms with Gasteiger partial charge in [-0.25, -0.2) is 0 Å². The van der Waals surface area contributed by atoms with Crippen LogP contribution >= 0.6 is 11.6 Å². The third kappa shape index (κ3) is 2.17. The molecule has 3 nitrogen and oxygen atoms in total. The van der Waals surface area contributed by atoms with Gasteiger partial charge in [0.05, 0.1) is 10.9 Å². The highest BCUT2D eigenvalue weighted by molar-refractivity contribution is 6.33. The van der Waals surface area contributed by atoms with Crippen molar-refractivity contribution in [1.82, 2.24) is 5.32 Å². The molecule has 0 radical (unpaired) electrons. The predicted molar refractivity (Wildman–Crippen MR) is 64.5 cm³/mol. The van der Waals surface area contributed by atoms with Crippen molar-refractivity contribution < 1.29 is 9.59 Å². The molecule has 1 saturated heterocycles. The first-order valence-electron chi connectivity index (χ1n) is 5.22. The summed E-state index contributed by atoms with van der Waals surface area (Å²) in [6.07, 6.45) is 6.11. The van der Waals surface area contributed by atoms with Gasteiger partial charge in [0, 0.05) is 12.0 Å². The number of amides is 2. The zero-order valence-corrected chi connectivity index (χ0v) is 9.75. The molecule has 1 aromatic carbocycles. The molecule has 1 aromatic rings. The molecule has 0 bridgehead atoms. The lowest BCUT2D eigenvalue weighted by Gasteiger charge is -2.22. The highest BCUT2D eigenvalue weighted by atomic mass is 35.5. The first-order chi connectivity index (χ1) is 8.13. The normalized spacial score (nSPS) is 19.6. The van der Waals surface area contributed by atoms with Crippen LogP contribution in [0.15, 0.2) is 18.2 Å². The maximum Gasteiger partial charge on any atom is 0.234 e. The number of rotatable bonds is 1. The van der Waals surface area contributed by atoms with Gasteiger partial charge in [0.1, 0.15) is 0 Å². The summed E-state index contributed by atoms with van der Waals surface area (Å²) in [6, 6.07) is 5.25. The lowest BCUT2D eigenvalue weighted by Crippen LogP contribution is -2.39. The number of nitrogens with one attached hydrogen (secondary N) is 1. The van der Waals surface area contributed by atoms with Crippen LogP contribution < -0.4 is 5.32 Å². The summed E-state index contributed by atoms with van der Waals surface area (Å²) >= 11 is 6.14. The van der Waals surface area contributed by atoms with Crippen LogP contribution in [0.4, 0.5) is 0 Å². The second kappa shape index (κ2) is 4.60. The van der Waals surface area contributed by atoms with Gasteiger partial charge in [0.25, 0.3) is 0 Å². The van der Waals surface area contributed by atoms with E-state index in [0.29, 0.717) is 29.0 Å². The van der Waals surface area contributed by atoms with E-state index in [1.165, 1.54) is 0 Å². The molecule has 1 heterocycles. The smallest absolute Gasteiger partial charge is 0.234 e. The second-order valence-electron chi connectivity index (χ2n) is 3.86. The summed E-state index contributed by atoms with van der Waals surface area (Å²) in [4.78, 5) is 22.8. The van der Waals surface area contributed by atoms with E-state index < -0.39 is 5.92 Å². The van der Waals surface area contributed by atoms with Crippen LogP contribution in [-0.2, 0) is 9.59 Å². The molecule has 2 rings (SSSR count). The Balaban J connectivity index is 2.38. The van der Waals surface area contributed by atoms with Crippen LogP contribution in [0.3, 0.4) is 0 Å². The molecule has 1 fully saturated rings. The lowest BCUT2D eigenvalue weighted by molar-refractivity contribution is -0.134. The van der Waals surface area contributed by atoms with Crippen molar-refractivity contribution in [3.05, 3.63) is 34.3 Å². The number of terminal acetylenes is 1. The van der Waals surface area contributed by atoms with Crippen molar-refractivity contribution >= 4 is 23.4 Å². The third-order valence-corrected chi connectivity index (χ3v) is 3.22. The number of hydrogen-bond donors (Lipinski definition) is 1. The fourth-order valence-electron chi connectivity index (χ4n) is 1.92. The van der Waals surface area contributed by atoms with Crippen LogP contribution in [0.2, 0.25) is 5.02 Å². The standard InChI is InChI=1S/C13H10ClNO2/c1-2-8-4-3-5-9(12(8)14)10-6-7-11(16)15-13(10)17/h1,3-5,10H,6-7H2,(H,15,16,17). The van der Waals surface area contributed by atoms with E-state index in [4.69, 9.17) is 18.0 Å². The summed E-state index contributed by atoms with van der Waals surface area (Å²) < 4.78 is 0. The topological polar surface area (TPSA) is 46.2 Å². The Morgan fingerprint density at radius 3 is 2.82 bits per heavy atom. The Labute approximate surface area is 104 Å². The van der Waals surface area contributed by atoms with Crippen molar-refractivity contribution in [3.8, 4) is 12.3 Å². The fraction of sp³-hybridized carbons (Fsp3) is 0.231. The molecular weight excluding hydrogens is 238 g/mol. The monoisotopic (exact) mass is 247 g/mol. The van der Waals surface area contributed by atoms with E-state index in [-0.39, 0.29) is 11.8 Å². The molecule has 1 aliphatic heterocycles. The number of carbonyl (C=O) groups is 2. The van der Waals surface area contributed by atoms with E-state index in [1.807, 2.05) is 0 Å². The van der Waals surface area contributed by atoms with E-state index >= 15 is 0 Å². The minimum atomic E-state index is -0.395. The zero-order valence-electron chi connectivity index (χ0n) is 9.00. The summed E-state index contributed by atoms with van der Waals surface area (Å²) in [5, 5.41) is 2.73. The SMILES string of the molecule is C#Cc1cccc(C2CCC(=O)NC2=O)c1Cl. The molecule has 1 atom stereocenters. The van der Waals surface area contributed by atoms with E-state index in [9.17, 15) is 9.59 Å². The first kappa shape index (κ1) is 11.7. The van der Waals surface area contributed by atoms with Gasteiger partial charge in [-0.05, 0) is 18.1 Å². The molecule has 0 spiro atoms. The molecule has 4 heteroatoms. The largest absolute Gasteiger partial charge is 0.296 e. The first-order valence-corrected chi connectivity index (χ1v) is 5.60. The van der Waals surface area contributed by atoms with Crippen molar-refractivity contribution in [3.63, 3.8) is 0 Å². The molecule has 17 heavy (non-hydrogen) atoms. The van der Waals surface area contributed by atoms with Gasteiger partial charge in [-0.3, -0.25) is 14.9 Å². The molecular formula is C13H10ClNO2. The van der Waals surface area contributed by atoms with E-state index in [1.54, 1.807) is 18.2 Å². The maximum absolute atomic E-state index is 11.7. The van der Waals surface area contributed by atoms with Gasteiger partial charge in [-0.2, -0.15) is 0 Å². The number of piperidine rings is 1. The summed E-state index contributed by atoms with van der Waals surface area (Å²) in [5.74, 6) is 1.52. The minimum Gasteiger partial charge on any atom is -0.296 e. The van der Waals surface area contributed by atoms with Gasteiger partial charge in [-0.1, -0.05) is 29.7 Å². The average Bonchev–Trinajstić information content (AvgIpc) is 2.30. The van der Waals surface area contributed by atoms with Crippen LogP contribution in [0, 0.1) is 12.3 Å². The summed E-state index contributed by atoms with van der Waals surface area (Å²) in [6.45, 7) is 0. The average molecular weight is 248 g/mol.